The molecule has 0 aliphatic carbocycles. The molecule has 0 heterocycles. The predicted octanol–water partition coefficient (Wildman–Crippen LogP) is 2.08. The molecule has 2 N–H and O–H groups in total. The Morgan fingerprint density at radius 2 is 1.57 bits per heavy atom. The fourth-order valence-corrected chi connectivity index (χ4v) is 2.81. The van der Waals surface area contributed by atoms with Crippen molar-refractivity contribution in [2.75, 3.05) is 4.31 Å². The standard InChI is InChI=1S/C13H13NO5S2/c15-20(16)14(10-11-4-2-1-3-5-11)12-6-8-13(9-7-12)21(17,18)19/h1-9H,10H2,(H,15,16)(H,17,18,19). The Hall–Kier alpha value is -1.74. The quantitative estimate of drug-likeness (QED) is 0.647. The van der Waals surface area contributed by atoms with Crippen molar-refractivity contribution in [1.82, 2.24) is 0 Å². The van der Waals surface area contributed by atoms with E-state index in [0.717, 1.165) is 5.56 Å². The lowest BCUT2D eigenvalue weighted by atomic mass is 10.2. The molecular weight excluding hydrogens is 314 g/mol. The van der Waals surface area contributed by atoms with Crippen molar-refractivity contribution < 1.29 is 21.7 Å². The fraction of sp³-hybridized carbons (Fsp3) is 0.0769. The molecule has 6 nitrogen and oxygen atoms in total. The van der Waals surface area contributed by atoms with Gasteiger partial charge in [0.15, 0.2) is 0 Å². The maximum Gasteiger partial charge on any atom is 0.294 e. The summed E-state index contributed by atoms with van der Waals surface area (Å²) in [5.41, 5.74) is 1.20. The highest BCUT2D eigenvalue weighted by molar-refractivity contribution is 7.85. The Kier molecular flexibility index (Phi) is 4.73. The summed E-state index contributed by atoms with van der Waals surface area (Å²) in [6.45, 7) is 0.190. The number of nitrogens with zero attached hydrogens (tertiary/aromatic N) is 1. The van der Waals surface area contributed by atoms with Gasteiger partial charge in [0.05, 0.1) is 17.1 Å². The Bertz CT molecular complexity index is 729. The molecule has 0 fully saturated rings. The van der Waals surface area contributed by atoms with Crippen LogP contribution in [0.5, 0.6) is 0 Å². The largest absolute Gasteiger partial charge is 0.294 e. The minimum atomic E-state index is -4.28. The van der Waals surface area contributed by atoms with E-state index in [0.29, 0.717) is 5.69 Å². The van der Waals surface area contributed by atoms with Gasteiger partial charge in [0.25, 0.3) is 21.4 Å². The Labute approximate surface area is 125 Å². The third-order valence-electron chi connectivity index (χ3n) is 2.78. The van der Waals surface area contributed by atoms with Crippen molar-refractivity contribution in [3.05, 3.63) is 60.2 Å². The van der Waals surface area contributed by atoms with Crippen LogP contribution < -0.4 is 4.31 Å². The number of benzene rings is 2. The van der Waals surface area contributed by atoms with Gasteiger partial charge in [-0.25, -0.2) is 4.21 Å². The number of hydrogen-bond acceptors (Lipinski definition) is 3. The van der Waals surface area contributed by atoms with Gasteiger partial charge in [-0.05, 0) is 29.8 Å². The van der Waals surface area contributed by atoms with Crippen LogP contribution in [-0.2, 0) is 27.9 Å². The number of hydrogen-bond donors (Lipinski definition) is 2. The Morgan fingerprint density at radius 3 is 2.05 bits per heavy atom. The number of anilines is 1. The van der Waals surface area contributed by atoms with Crippen LogP contribution in [0.25, 0.3) is 0 Å². The normalized spacial score (nSPS) is 12.9. The molecule has 0 aromatic heterocycles. The van der Waals surface area contributed by atoms with E-state index in [2.05, 4.69) is 0 Å². The van der Waals surface area contributed by atoms with Crippen LogP contribution in [0.4, 0.5) is 5.69 Å². The molecule has 0 saturated heterocycles. The molecule has 0 aliphatic rings. The van der Waals surface area contributed by atoms with Crippen LogP contribution >= 0.6 is 0 Å². The summed E-state index contributed by atoms with van der Waals surface area (Å²) >= 11 is -2.26. The molecule has 2 aromatic rings. The highest BCUT2D eigenvalue weighted by Gasteiger charge is 2.15. The molecule has 8 heteroatoms. The molecule has 2 aromatic carbocycles. The van der Waals surface area contributed by atoms with E-state index >= 15 is 0 Å². The molecular formula is C13H13NO5S2. The molecule has 1 unspecified atom stereocenters. The summed E-state index contributed by atoms with van der Waals surface area (Å²) in [5, 5.41) is 0. The summed E-state index contributed by atoms with van der Waals surface area (Å²) in [6, 6.07) is 14.2. The summed E-state index contributed by atoms with van der Waals surface area (Å²) in [4.78, 5) is -0.269. The second kappa shape index (κ2) is 6.35. The third kappa shape index (κ3) is 4.11. The van der Waals surface area contributed by atoms with E-state index in [4.69, 9.17) is 4.55 Å². The topological polar surface area (TPSA) is 94.9 Å². The average molecular weight is 327 g/mol. The minimum absolute atomic E-state index is 0.190. The lowest BCUT2D eigenvalue weighted by Crippen LogP contribution is -2.24. The number of rotatable bonds is 5. The van der Waals surface area contributed by atoms with Gasteiger partial charge in [0.1, 0.15) is 0 Å². The van der Waals surface area contributed by atoms with Crippen LogP contribution in [0.2, 0.25) is 0 Å². The lowest BCUT2D eigenvalue weighted by molar-refractivity contribution is 0.483. The molecule has 0 spiro atoms. The predicted molar refractivity (Wildman–Crippen MR) is 79.7 cm³/mol. The summed E-state index contributed by atoms with van der Waals surface area (Å²) in [5.74, 6) is 0. The van der Waals surface area contributed by atoms with Crippen molar-refractivity contribution in [3.8, 4) is 0 Å². The lowest BCUT2D eigenvalue weighted by Gasteiger charge is -2.20. The fourth-order valence-electron chi connectivity index (χ4n) is 1.77. The van der Waals surface area contributed by atoms with Gasteiger partial charge < -0.3 is 0 Å². The van der Waals surface area contributed by atoms with Crippen LogP contribution in [-0.4, -0.2) is 21.7 Å². The highest BCUT2D eigenvalue weighted by atomic mass is 32.2. The first-order valence-electron chi connectivity index (χ1n) is 5.88. The highest BCUT2D eigenvalue weighted by Crippen LogP contribution is 2.21. The van der Waals surface area contributed by atoms with E-state index in [1.54, 1.807) is 0 Å². The Morgan fingerprint density at radius 1 is 1.00 bits per heavy atom. The first-order chi connectivity index (χ1) is 9.88. The molecule has 0 bridgehead atoms. The van der Waals surface area contributed by atoms with Crippen molar-refractivity contribution in [1.29, 1.82) is 0 Å². The van der Waals surface area contributed by atoms with Gasteiger partial charge in [0, 0.05) is 0 Å². The second-order valence-corrected chi connectivity index (χ2v) is 6.55. The van der Waals surface area contributed by atoms with Crippen LogP contribution in [0, 0.1) is 0 Å². The van der Waals surface area contributed by atoms with Crippen LogP contribution in [0.3, 0.4) is 0 Å². The third-order valence-corrected chi connectivity index (χ3v) is 4.36. The molecule has 0 saturated carbocycles. The Balaban J connectivity index is 2.29. The van der Waals surface area contributed by atoms with Gasteiger partial charge in [-0.3, -0.25) is 13.4 Å². The summed E-state index contributed by atoms with van der Waals surface area (Å²) in [6.07, 6.45) is 0. The average Bonchev–Trinajstić information content (AvgIpc) is 2.45. The van der Waals surface area contributed by atoms with E-state index < -0.39 is 21.4 Å². The van der Waals surface area contributed by atoms with Crippen molar-refractivity contribution >= 4 is 27.1 Å². The molecule has 21 heavy (non-hydrogen) atoms. The monoisotopic (exact) mass is 327 g/mol. The minimum Gasteiger partial charge on any atom is -0.289 e. The van der Waals surface area contributed by atoms with E-state index in [-0.39, 0.29) is 11.4 Å². The molecule has 1 atom stereocenters. The van der Waals surface area contributed by atoms with Crippen molar-refractivity contribution in [2.24, 2.45) is 0 Å². The zero-order chi connectivity index (χ0) is 15.5. The summed E-state index contributed by atoms with van der Waals surface area (Å²) < 4.78 is 52.9. The zero-order valence-electron chi connectivity index (χ0n) is 10.8. The molecule has 2 rings (SSSR count). The second-order valence-electron chi connectivity index (χ2n) is 4.22. The molecule has 0 amide bonds. The van der Waals surface area contributed by atoms with Crippen molar-refractivity contribution in [2.45, 2.75) is 11.4 Å². The first-order valence-corrected chi connectivity index (χ1v) is 8.38. The molecule has 0 aliphatic heterocycles. The van der Waals surface area contributed by atoms with Gasteiger partial charge >= 0.3 is 0 Å². The van der Waals surface area contributed by atoms with Gasteiger partial charge in [0.2, 0.25) is 0 Å². The van der Waals surface area contributed by atoms with Gasteiger partial charge in [-0.1, -0.05) is 30.3 Å². The smallest absolute Gasteiger partial charge is 0.289 e. The van der Waals surface area contributed by atoms with Gasteiger partial charge in [-0.2, -0.15) is 8.42 Å². The van der Waals surface area contributed by atoms with E-state index in [1.165, 1.54) is 28.6 Å². The van der Waals surface area contributed by atoms with E-state index in [1.807, 2.05) is 30.3 Å². The van der Waals surface area contributed by atoms with Crippen molar-refractivity contribution in [3.63, 3.8) is 0 Å². The van der Waals surface area contributed by atoms with Gasteiger partial charge in [-0.15, -0.1) is 0 Å². The SMILES string of the molecule is O=S(O)N(Cc1ccccc1)c1ccc(S(=O)(=O)O)cc1. The first kappa shape index (κ1) is 15.6. The maximum absolute atomic E-state index is 11.5. The maximum atomic E-state index is 11.5. The molecule has 112 valence electrons. The van der Waals surface area contributed by atoms with E-state index in [9.17, 15) is 17.2 Å². The molecule has 0 radical (unpaired) electrons. The zero-order valence-corrected chi connectivity index (χ0v) is 12.4. The summed E-state index contributed by atoms with van der Waals surface area (Å²) in [7, 11) is -4.28. The van der Waals surface area contributed by atoms with Crippen LogP contribution in [0.1, 0.15) is 5.56 Å². The van der Waals surface area contributed by atoms with Crippen LogP contribution in [0.15, 0.2) is 59.5 Å².